The summed E-state index contributed by atoms with van der Waals surface area (Å²) in [4.78, 5) is 17.5. The van der Waals surface area contributed by atoms with Gasteiger partial charge in [0.1, 0.15) is 5.82 Å². The first kappa shape index (κ1) is 11.6. The molecule has 0 aliphatic carbocycles. The molecule has 0 aliphatic heterocycles. The van der Waals surface area contributed by atoms with Crippen LogP contribution in [-0.2, 0) is 0 Å². The molecule has 0 radical (unpaired) electrons. The van der Waals surface area contributed by atoms with E-state index in [1.54, 1.807) is 6.92 Å². The molecular weight excluding hydrogens is 194 g/mol. The van der Waals surface area contributed by atoms with Crippen LogP contribution in [0.4, 0.5) is 0 Å². The Morgan fingerprint density at radius 2 is 2.27 bits per heavy atom. The van der Waals surface area contributed by atoms with Crippen molar-refractivity contribution in [3.05, 3.63) is 11.6 Å². The van der Waals surface area contributed by atoms with Crippen LogP contribution in [0.15, 0.2) is 0 Å². The molecule has 2 N–H and O–H groups in total. The van der Waals surface area contributed by atoms with Crippen LogP contribution in [-0.4, -0.2) is 52.7 Å². The Kier molecular flexibility index (Phi) is 3.79. The van der Waals surface area contributed by atoms with E-state index in [1.807, 2.05) is 25.9 Å². The lowest BCUT2D eigenvalue weighted by atomic mass is 10.3. The summed E-state index contributed by atoms with van der Waals surface area (Å²) in [5.41, 5.74) is 0. The first-order valence-corrected chi connectivity index (χ1v) is 4.83. The minimum Gasteiger partial charge on any atom is -0.346 e. The van der Waals surface area contributed by atoms with Crippen LogP contribution in [0, 0.1) is 6.92 Å². The third-order valence-corrected chi connectivity index (χ3v) is 1.82. The molecule has 1 unspecified atom stereocenters. The standard InChI is InChI=1S/C9H17N5O/c1-6(5-14(3)4)10-9(15)8-11-7(2)12-13-8/h6H,5H2,1-4H3,(H,10,15)(H,11,12,13). The van der Waals surface area contributed by atoms with Crippen molar-refractivity contribution in [1.29, 1.82) is 0 Å². The Morgan fingerprint density at radius 1 is 1.60 bits per heavy atom. The highest BCUT2D eigenvalue weighted by Gasteiger charge is 2.13. The van der Waals surface area contributed by atoms with E-state index < -0.39 is 0 Å². The minimum atomic E-state index is -0.242. The van der Waals surface area contributed by atoms with Crippen molar-refractivity contribution >= 4 is 5.91 Å². The molecule has 0 spiro atoms. The number of likely N-dealkylation sites (N-methyl/N-ethyl adjacent to an activating group) is 1. The Balaban J connectivity index is 2.49. The van der Waals surface area contributed by atoms with E-state index in [-0.39, 0.29) is 17.8 Å². The lowest BCUT2D eigenvalue weighted by Gasteiger charge is -2.17. The van der Waals surface area contributed by atoms with Gasteiger partial charge in [0, 0.05) is 12.6 Å². The Labute approximate surface area is 89.1 Å². The molecule has 1 amide bonds. The van der Waals surface area contributed by atoms with Gasteiger partial charge in [-0.3, -0.25) is 9.89 Å². The highest BCUT2D eigenvalue weighted by Crippen LogP contribution is 1.92. The maximum Gasteiger partial charge on any atom is 0.291 e. The molecule has 1 heterocycles. The summed E-state index contributed by atoms with van der Waals surface area (Å²) < 4.78 is 0. The van der Waals surface area contributed by atoms with Gasteiger partial charge >= 0.3 is 0 Å². The second-order valence-electron chi connectivity index (χ2n) is 3.88. The first-order chi connectivity index (χ1) is 6.99. The zero-order valence-electron chi connectivity index (χ0n) is 9.53. The molecule has 6 heteroatoms. The van der Waals surface area contributed by atoms with Crippen LogP contribution in [0.25, 0.3) is 0 Å². The summed E-state index contributed by atoms with van der Waals surface area (Å²) in [5.74, 6) is 0.590. The number of hydrogen-bond acceptors (Lipinski definition) is 4. The molecular formula is C9H17N5O. The smallest absolute Gasteiger partial charge is 0.291 e. The van der Waals surface area contributed by atoms with Gasteiger partial charge in [-0.25, -0.2) is 4.98 Å². The highest BCUT2D eigenvalue weighted by atomic mass is 16.2. The fraction of sp³-hybridized carbons (Fsp3) is 0.667. The minimum absolute atomic E-state index is 0.0753. The average molecular weight is 211 g/mol. The van der Waals surface area contributed by atoms with Crippen LogP contribution >= 0.6 is 0 Å². The summed E-state index contributed by atoms with van der Waals surface area (Å²) in [6, 6.07) is 0.0753. The molecule has 0 bridgehead atoms. The number of hydrogen-bond donors (Lipinski definition) is 2. The summed E-state index contributed by atoms with van der Waals surface area (Å²) in [5, 5.41) is 9.23. The number of H-pyrrole nitrogens is 1. The molecule has 1 atom stereocenters. The number of amides is 1. The van der Waals surface area contributed by atoms with Gasteiger partial charge < -0.3 is 10.2 Å². The second kappa shape index (κ2) is 4.88. The molecule has 0 aliphatic rings. The molecule has 0 saturated carbocycles. The van der Waals surface area contributed by atoms with Crippen LogP contribution in [0.3, 0.4) is 0 Å². The zero-order valence-corrected chi connectivity index (χ0v) is 9.53. The van der Waals surface area contributed by atoms with E-state index in [0.717, 1.165) is 6.54 Å². The van der Waals surface area contributed by atoms with Crippen molar-refractivity contribution in [3.8, 4) is 0 Å². The van der Waals surface area contributed by atoms with Crippen molar-refractivity contribution in [2.75, 3.05) is 20.6 Å². The fourth-order valence-corrected chi connectivity index (χ4v) is 1.33. The number of aromatic amines is 1. The number of aromatic nitrogens is 3. The fourth-order valence-electron chi connectivity index (χ4n) is 1.33. The van der Waals surface area contributed by atoms with Gasteiger partial charge in [0.2, 0.25) is 5.82 Å². The van der Waals surface area contributed by atoms with Crippen molar-refractivity contribution in [3.63, 3.8) is 0 Å². The summed E-state index contributed by atoms with van der Waals surface area (Å²) >= 11 is 0. The van der Waals surface area contributed by atoms with Gasteiger partial charge in [-0.2, -0.15) is 0 Å². The molecule has 1 aromatic rings. The van der Waals surface area contributed by atoms with E-state index in [4.69, 9.17) is 0 Å². The Morgan fingerprint density at radius 3 is 2.73 bits per heavy atom. The quantitative estimate of drug-likeness (QED) is 0.723. The zero-order chi connectivity index (χ0) is 11.4. The molecule has 1 rings (SSSR count). The molecule has 15 heavy (non-hydrogen) atoms. The lowest BCUT2D eigenvalue weighted by Crippen LogP contribution is -2.39. The van der Waals surface area contributed by atoms with E-state index in [2.05, 4.69) is 20.5 Å². The van der Waals surface area contributed by atoms with Gasteiger partial charge in [-0.1, -0.05) is 0 Å². The van der Waals surface area contributed by atoms with Crippen molar-refractivity contribution in [2.24, 2.45) is 0 Å². The third kappa shape index (κ3) is 3.67. The molecule has 1 aromatic heterocycles. The Bertz CT molecular complexity index is 333. The maximum absolute atomic E-state index is 11.6. The molecule has 0 fully saturated rings. The van der Waals surface area contributed by atoms with E-state index in [1.165, 1.54) is 0 Å². The monoisotopic (exact) mass is 211 g/mol. The predicted molar refractivity (Wildman–Crippen MR) is 56.6 cm³/mol. The van der Waals surface area contributed by atoms with Gasteiger partial charge in [0.05, 0.1) is 0 Å². The third-order valence-electron chi connectivity index (χ3n) is 1.82. The normalized spacial score (nSPS) is 12.9. The summed E-state index contributed by atoms with van der Waals surface area (Å²) in [7, 11) is 3.92. The largest absolute Gasteiger partial charge is 0.346 e. The number of nitrogens with one attached hydrogen (secondary N) is 2. The summed E-state index contributed by atoms with van der Waals surface area (Å²) in [6.07, 6.45) is 0. The Hall–Kier alpha value is -1.43. The SMILES string of the molecule is Cc1nc(C(=O)NC(C)CN(C)C)n[nH]1. The number of nitrogens with zero attached hydrogens (tertiary/aromatic N) is 3. The van der Waals surface area contributed by atoms with E-state index >= 15 is 0 Å². The number of rotatable bonds is 4. The van der Waals surface area contributed by atoms with Crippen LogP contribution < -0.4 is 5.32 Å². The van der Waals surface area contributed by atoms with Crippen LogP contribution in [0.5, 0.6) is 0 Å². The topological polar surface area (TPSA) is 73.9 Å². The number of carbonyl (C=O) groups is 1. The van der Waals surface area contributed by atoms with Crippen molar-refractivity contribution < 1.29 is 4.79 Å². The second-order valence-corrected chi connectivity index (χ2v) is 3.88. The molecule has 6 nitrogen and oxygen atoms in total. The van der Waals surface area contributed by atoms with Gasteiger partial charge in [-0.15, -0.1) is 5.10 Å². The molecule has 0 saturated heterocycles. The number of aryl methyl sites for hydroxylation is 1. The van der Waals surface area contributed by atoms with Gasteiger partial charge in [-0.05, 0) is 27.9 Å². The van der Waals surface area contributed by atoms with Crippen LogP contribution in [0.1, 0.15) is 23.4 Å². The number of carbonyl (C=O) groups excluding carboxylic acids is 1. The van der Waals surface area contributed by atoms with Crippen LogP contribution in [0.2, 0.25) is 0 Å². The predicted octanol–water partition coefficient (Wildman–Crippen LogP) is -0.207. The van der Waals surface area contributed by atoms with Gasteiger partial charge in [0.15, 0.2) is 0 Å². The summed E-state index contributed by atoms with van der Waals surface area (Å²) in [6.45, 7) is 4.49. The molecule has 84 valence electrons. The highest BCUT2D eigenvalue weighted by molar-refractivity contribution is 5.90. The van der Waals surface area contributed by atoms with Crippen molar-refractivity contribution in [2.45, 2.75) is 19.9 Å². The van der Waals surface area contributed by atoms with Gasteiger partial charge in [0.25, 0.3) is 5.91 Å². The lowest BCUT2D eigenvalue weighted by molar-refractivity contribution is 0.0924. The van der Waals surface area contributed by atoms with E-state index in [0.29, 0.717) is 5.82 Å². The van der Waals surface area contributed by atoms with E-state index in [9.17, 15) is 4.79 Å². The molecule has 0 aromatic carbocycles. The maximum atomic E-state index is 11.6. The first-order valence-electron chi connectivity index (χ1n) is 4.83. The van der Waals surface area contributed by atoms with Crippen molar-refractivity contribution in [1.82, 2.24) is 25.4 Å². The average Bonchev–Trinajstić information content (AvgIpc) is 2.49.